The summed E-state index contributed by atoms with van der Waals surface area (Å²) < 4.78 is 5.25. The molecule has 150 valence electrons. The molecule has 1 saturated carbocycles. The number of rotatable bonds is 4. The summed E-state index contributed by atoms with van der Waals surface area (Å²) in [5, 5.41) is 0. The average Bonchev–Trinajstić information content (AvgIpc) is 3.17. The Hall–Kier alpha value is -2.37. The van der Waals surface area contributed by atoms with Gasteiger partial charge < -0.3 is 14.5 Å². The number of nitrogens with zero attached hydrogens (tertiary/aromatic N) is 2. The first-order chi connectivity index (χ1) is 13.6. The number of benzene rings is 1. The Kier molecular flexibility index (Phi) is 5.64. The zero-order valence-electron chi connectivity index (χ0n) is 16.3. The average molecular weight is 384 g/mol. The molecule has 1 aromatic rings. The van der Waals surface area contributed by atoms with Gasteiger partial charge in [-0.2, -0.15) is 0 Å². The number of fused-ring (bicyclic) bond motifs is 1. The molecule has 6 nitrogen and oxygen atoms in total. The molecule has 0 unspecified atom stereocenters. The molecule has 0 aromatic heterocycles. The van der Waals surface area contributed by atoms with Gasteiger partial charge in [-0.3, -0.25) is 9.59 Å². The number of carbonyl (C=O) groups is 3. The molecular weight excluding hydrogens is 356 g/mol. The van der Waals surface area contributed by atoms with E-state index >= 15 is 0 Å². The van der Waals surface area contributed by atoms with Crippen LogP contribution in [-0.4, -0.2) is 48.9 Å². The maximum Gasteiger partial charge on any atom is 0.338 e. The second-order valence-corrected chi connectivity index (χ2v) is 8.20. The summed E-state index contributed by atoms with van der Waals surface area (Å²) in [6.07, 6.45) is 7.59. The standard InChI is InChI=1S/C22H28N2O4/c25-20-6-3-12-24(20)19-9-7-17(8-10-19)22(27)28-15-21(26)23-13-11-16-4-1-2-5-18(16)14-23/h7-10,16,18H,1-6,11-15H2/t16-,18+/m1/s1. The van der Waals surface area contributed by atoms with Crippen LogP contribution in [0.2, 0.25) is 0 Å². The largest absolute Gasteiger partial charge is 0.452 e. The van der Waals surface area contributed by atoms with E-state index in [4.69, 9.17) is 4.74 Å². The van der Waals surface area contributed by atoms with Gasteiger partial charge in [0.05, 0.1) is 5.56 Å². The molecule has 2 heterocycles. The van der Waals surface area contributed by atoms with Crippen LogP contribution < -0.4 is 4.90 Å². The van der Waals surface area contributed by atoms with E-state index in [-0.39, 0.29) is 18.4 Å². The fourth-order valence-electron chi connectivity index (χ4n) is 4.83. The number of piperidine rings is 1. The van der Waals surface area contributed by atoms with E-state index in [0.29, 0.717) is 17.9 Å². The Labute approximate surface area is 165 Å². The second-order valence-electron chi connectivity index (χ2n) is 8.20. The van der Waals surface area contributed by atoms with E-state index in [1.165, 1.54) is 25.7 Å². The molecule has 2 saturated heterocycles. The zero-order valence-corrected chi connectivity index (χ0v) is 16.3. The first-order valence-electron chi connectivity index (χ1n) is 10.5. The van der Waals surface area contributed by atoms with Gasteiger partial charge in [0.15, 0.2) is 6.61 Å². The van der Waals surface area contributed by atoms with Gasteiger partial charge in [0.1, 0.15) is 0 Å². The monoisotopic (exact) mass is 384 g/mol. The fraction of sp³-hybridized carbons (Fsp3) is 0.591. The highest BCUT2D eigenvalue weighted by Crippen LogP contribution is 2.36. The van der Waals surface area contributed by atoms with E-state index in [2.05, 4.69) is 0 Å². The highest BCUT2D eigenvalue weighted by atomic mass is 16.5. The van der Waals surface area contributed by atoms with Crippen LogP contribution in [-0.2, 0) is 14.3 Å². The second kappa shape index (κ2) is 8.33. The number of ether oxygens (including phenoxy) is 1. The van der Waals surface area contributed by atoms with Crippen molar-refractivity contribution < 1.29 is 19.1 Å². The lowest BCUT2D eigenvalue weighted by Crippen LogP contribution is -2.46. The molecule has 3 fully saturated rings. The van der Waals surface area contributed by atoms with Crippen molar-refractivity contribution in [2.75, 3.05) is 31.1 Å². The van der Waals surface area contributed by atoms with E-state index in [0.717, 1.165) is 44.1 Å². The lowest BCUT2D eigenvalue weighted by atomic mass is 9.75. The van der Waals surface area contributed by atoms with Gasteiger partial charge in [-0.15, -0.1) is 0 Å². The molecule has 0 radical (unpaired) electrons. The normalized spacial score (nSPS) is 24.8. The number of carbonyl (C=O) groups excluding carboxylic acids is 3. The molecule has 4 rings (SSSR count). The SMILES string of the molecule is O=C(OCC(=O)N1CC[C@H]2CCCC[C@H]2C1)c1ccc(N2CCCC2=O)cc1. The molecule has 28 heavy (non-hydrogen) atoms. The molecule has 0 spiro atoms. The molecule has 1 aromatic carbocycles. The molecule has 2 aliphatic heterocycles. The highest BCUT2D eigenvalue weighted by Gasteiger charge is 2.33. The lowest BCUT2D eigenvalue weighted by Gasteiger charge is -2.41. The molecular formula is C22H28N2O4. The predicted octanol–water partition coefficient (Wildman–Crippen LogP) is 3.01. The Morgan fingerprint density at radius 2 is 1.71 bits per heavy atom. The van der Waals surface area contributed by atoms with Gasteiger partial charge >= 0.3 is 5.97 Å². The minimum Gasteiger partial charge on any atom is -0.452 e. The molecule has 2 amide bonds. The van der Waals surface area contributed by atoms with Gasteiger partial charge in [-0.05, 0) is 55.4 Å². The first kappa shape index (κ1) is 19.0. The highest BCUT2D eigenvalue weighted by molar-refractivity contribution is 5.96. The summed E-state index contributed by atoms with van der Waals surface area (Å²) in [7, 11) is 0. The molecule has 6 heteroatoms. The third-order valence-electron chi connectivity index (χ3n) is 6.46. The Bertz CT molecular complexity index is 745. The number of anilines is 1. The smallest absolute Gasteiger partial charge is 0.338 e. The predicted molar refractivity (Wildman–Crippen MR) is 105 cm³/mol. The molecule has 2 atom stereocenters. The van der Waals surface area contributed by atoms with Crippen LogP contribution in [0.15, 0.2) is 24.3 Å². The molecule has 1 aliphatic carbocycles. The first-order valence-corrected chi connectivity index (χ1v) is 10.5. The summed E-state index contributed by atoms with van der Waals surface area (Å²) >= 11 is 0. The third-order valence-corrected chi connectivity index (χ3v) is 6.46. The van der Waals surface area contributed by atoms with Crippen molar-refractivity contribution in [1.82, 2.24) is 4.90 Å². The fourth-order valence-corrected chi connectivity index (χ4v) is 4.83. The van der Waals surface area contributed by atoms with Crippen LogP contribution in [0.25, 0.3) is 0 Å². The van der Waals surface area contributed by atoms with E-state index in [1.807, 2.05) is 4.90 Å². The molecule has 0 N–H and O–H groups in total. The maximum absolute atomic E-state index is 12.5. The summed E-state index contributed by atoms with van der Waals surface area (Å²) in [6, 6.07) is 6.83. The van der Waals surface area contributed by atoms with Crippen LogP contribution in [0.4, 0.5) is 5.69 Å². The maximum atomic E-state index is 12.5. The van der Waals surface area contributed by atoms with Crippen molar-refractivity contribution in [3.8, 4) is 0 Å². The summed E-state index contributed by atoms with van der Waals surface area (Å²) in [5.41, 5.74) is 1.19. The Morgan fingerprint density at radius 3 is 2.43 bits per heavy atom. The summed E-state index contributed by atoms with van der Waals surface area (Å²) in [6.45, 7) is 2.09. The van der Waals surface area contributed by atoms with Gasteiger partial charge in [-0.25, -0.2) is 4.79 Å². The van der Waals surface area contributed by atoms with Gasteiger partial charge in [0, 0.05) is 31.7 Å². The van der Waals surface area contributed by atoms with Crippen molar-refractivity contribution in [3.05, 3.63) is 29.8 Å². The van der Waals surface area contributed by atoms with Crippen LogP contribution in [0.1, 0.15) is 55.3 Å². The Balaban J connectivity index is 1.28. The van der Waals surface area contributed by atoms with Gasteiger partial charge in [0.2, 0.25) is 5.91 Å². The van der Waals surface area contributed by atoms with E-state index in [1.54, 1.807) is 29.2 Å². The number of amides is 2. The topological polar surface area (TPSA) is 66.9 Å². The number of likely N-dealkylation sites (tertiary alicyclic amines) is 1. The van der Waals surface area contributed by atoms with Crippen LogP contribution in [0, 0.1) is 11.8 Å². The third kappa shape index (κ3) is 4.05. The Morgan fingerprint density at radius 1 is 0.964 bits per heavy atom. The van der Waals surface area contributed by atoms with Crippen molar-refractivity contribution in [1.29, 1.82) is 0 Å². The number of esters is 1. The van der Waals surface area contributed by atoms with Gasteiger partial charge in [-0.1, -0.05) is 19.3 Å². The summed E-state index contributed by atoms with van der Waals surface area (Å²) in [4.78, 5) is 40.2. The van der Waals surface area contributed by atoms with Crippen LogP contribution >= 0.6 is 0 Å². The quantitative estimate of drug-likeness (QED) is 0.749. The number of hydrogen-bond acceptors (Lipinski definition) is 4. The summed E-state index contributed by atoms with van der Waals surface area (Å²) in [5.74, 6) is 0.892. The van der Waals surface area contributed by atoms with E-state index in [9.17, 15) is 14.4 Å². The number of hydrogen-bond donors (Lipinski definition) is 0. The van der Waals surface area contributed by atoms with Gasteiger partial charge in [0.25, 0.3) is 5.91 Å². The zero-order chi connectivity index (χ0) is 19.5. The van der Waals surface area contributed by atoms with Crippen LogP contribution in [0.5, 0.6) is 0 Å². The van der Waals surface area contributed by atoms with Crippen molar-refractivity contribution >= 4 is 23.5 Å². The van der Waals surface area contributed by atoms with Crippen molar-refractivity contribution in [2.45, 2.75) is 44.9 Å². The minimum absolute atomic E-state index is 0.100. The van der Waals surface area contributed by atoms with Crippen molar-refractivity contribution in [2.24, 2.45) is 11.8 Å². The van der Waals surface area contributed by atoms with Crippen LogP contribution in [0.3, 0.4) is 0 Å². The lowest BCUT2D eigenvalue weighted by molar-refractivity contribution is -0.137. The minimum atomic E-state index is -0.500. The molecule has 3 aliphatic rings. The van der Waals surface area contributed by atoms with E-state index < -0.39 is 5.97 Å². The molecule has 0 bridgehead atoms. The van der Waals surface area contributed by atoms with Crippen molar-refractivity contribution in [3.63, 3.8) is 0 Å².